The van der Waals surface area contributed by atoms with Gasteiger partial charge in [0.15, 0.2) is 0 Å². The molecule has 1 N–H and O–H groups in total. The Hall–Kier alpha value is -1.42. The van der Waals surface area contributed by atoms with E-state index in [1.807, 2.05) is 7.05 Å². The van der Waals surface area contributed by atoms with Crippen molar-refractivity contribution in [3.05, 3.63) is 23.8 Å². The maximum absolute atomic E-state index is 11.3. The van der Waals surface area contributed by atoms with Crippen LogP contribution >= 0.6 is 0 Å². The van der Waals surface area contributed by atoms with Crippen LogP contribution in [0.1, 0.15) is 20.3 Å². The van der Waals surface area contributed by atoms with Gasteiger partial charge in [-0.1, -0.05) is 12.7 Å². The first-order chi connectivity index (χ1) is 6.99. The lowest BCUT2D eigenvalue weighted by Crippen LogP contribution is -2.14. The van der Waals surface area contributed by atoms with Crippen LogP contribution in [0.5, 0.6) is 0 Å². The fraction of sp³-hybridized carbons (Fsp3) is 0.455. The largest absolute Gasteiger partial charge is 0.386 e. The van der Waals surface area contributed by atoms with Gasteiger partial charge in [0, 0.05) is 11.1 Å². The third kappa shape index (κ3) is 5.80. The molecule has 84 valence electrons. The third-order valence-corrected chi connectivity index (χ3v) is 1.70. The summed E-state index contributed by atoms with van der Waals surface area (Å²) in [5.74, 6) is -1.29. The van der Waals surface area contributed by atoms with Crippen LogP contribution in [0.15, 0.2) is 23.8 Å². The summed E-state index contributed by atoms with van der Waals surface area (Å²) in [5, 5.41) is 2.94. The highest BCUT2D eigenvalue weighted by atomic mass is 16.6. The first-order valence-corrected chi connectivity index (χ1v) is 4.72. The molecule has 0 fully saturated rings. The molecule has 0 aromatic rings. The highest BCUT2D eigenvalue weighted by Crippen LogP contribution is 2.01. The lowest BCUT2D eigenvalue weighted by Gasteiger charge is -2.02. The molecule has 4 heteroatoms. The fourth-order valence-electron chi connectivity index (χ4n) is 0.768. The normalized spacial score (nSPS) is 11.0. The minimum atomic E-state index is -0.679. The van der Waals surface area contributed by atoms with Crippen molar-refractivity contribution in [2.24, 2.45) is 0 Å². The molecule has 0 aromatic carbocycles. The predicted octanol–water partition coefficient (Wildman–Crippen LogP) is 1.19. The monoisotopic (exact) mass is 211 g/mol. The SMILES string of the molecule is C=C(C)C(=O)OC(=O)C(C)=CCCNC. The molecule has 0 rings (SSSR count). The molecule has 0 aliphatic heterocycles. The number of carbonyl (C=O) groups excluding carboxylic acids is 2. The Morgan fingerprint density at radius 3 is 2.40 bits per heavy atom. The van der Waals surface area contributed by atoms with Crippen molar-refractivity contribution >= 4 is 11.9 Å². The van der Waals surface area contributed by atoms with E-state index in [1.54, 1.807) is 13.0 Å². The second kappa shape index (κ2) is 6.95. The summed E-state index contributed by atoms with van der Waals surface area (Å²) in [6, 6.07) is 0. The van der Waals surface area contributed by atoms with Crippen LogP contribution in [-0.2, 0) is 14.3 Å². The van der Waals surface area contributed by atoms with Crippen LogP contribution in [0.2, 0.25) is 0 Å². The van der Waals surface area contributed by atoms with Gasteiger partial charge in [-0.25, -0.2) is 9.59 Å². The summed E-state index contributed by atoms with van der Waals surface area (Å²) in [6.07, 6.45) is 2.45. The summed E-state index contributed by atoms with van der Waals surface area (Å²) in [5.41, 5.74) is 0.645. The second-order valence-corrected chi connectivity index (χ2v) is 3.24. The van der Waals surface area contributed by atoms with E-state index < -0.39 is 11.9 Å². The molecule has 0 atom stereocenters. The zero-order chi connectivity index (χ0) is 11.8. The Labute approximate surface area is 90.0 Å². The minimum absolute atomic E-state index is 0.214. The van der Waals surface area contributed by atoms with Crippen LogP contribution in [0, 0.1) is 0 Å². The van der Waals surface area contributed by atoms with Crippen LogP contribution in [0.25, 0.3) is 0 Å². The number of rotatable bonds is 5. The van der Waals surface area contributed by atoms with Crippen molar-refractivity contribution in [2.45, 2.75) is 20.3 Å². The molecule has 4 nitrogen and oxygen atoms in total. The maximum Gasteiger partial charge on any atom is 0.341 e. The van der Waals surface area contributed by atoms with Gasteiger partial charge < -0.3 is 10.1 Å². The van der Waals surface area contributed by atoms with Gasteiger partial charge >= 0.3 is 11.9 Å². The van der Waals surface area contributed by atoms with Crippen LogP contribution in [0.4, 0.5) is 0 Å². The predicted molar refractivity (Wildman–Crippen MR) is 58.2 cm³/mol. The van der Waals surface area contributed by atoms with E-state index in [0.29, 0.717) is 5.57 Å². The molecule has 0 spiro atoms. The van der Waals surface area contributed by atoms with Gasteiger partial charge in [0.1, 0.15) is 0 Å². The molecule has 0 heterocycles. The molecule has 15 heavy (non-hydrogen) atoms. The Morgan fingerprint density at radius 1 is 1.33 bits per heavy atom. The number of esters is 2. The fourth-order valence-corrected chi connectivity index (χ4v) is 0.768. The van der Waals surface area contributed by atoms with Gasteiger partial charge in [0.05, 0.1) is 0 Å². The molecule has 0 amide bonds. The van der Waals surface area contributed by atoms with Crippen molar-refractivity contribution in [3.8, 4) is 0 Å². The average Bonchev–Trinajstić information content (AvgIpc) is 2.17. The van der Waals surface area contributed by atoms with Crippen molar-refractivity contribution in [3.63, 3.8) is 0 Å². The standard InChI is InChI=1S/C11H17NO3/c1-8(2)10(13)15-11(14)9(3)6-5-7-12-4/h6,12H,1,5,7H2,2-4H3. The van der Waals surface area contributed by atoms with E-state index in [1.165, 1.54) is 6.92 Å². The molecule has 0 aromatic heterocycles. The lowest BCUT2D eigenvalue weighted by atomic mass is 10.2. The van der Waals surface area contributed by atoms with Crippen molar-refractivity contribution in [2.75, 3.05) is 13.6 Å². The van der Waals surface area contributed by atoms with E-state index >= 15 is 0 Å². The molecule has 0 saturated carbocycles. The van der Waals surface area contributed by atoms with Crippen molar-refractivity contribution in [1.82, 2.24) is 5.32 Å². The second-order valence-electron chi connectivity index (χ2n) is 3.24. The third-order valence-electron chi connectivity index (χ3n) is 1.70. The first kappa shape index (κ1) is 13.6. The highest BCUT2D eigenvalue weighted by Gasteiger charge is 2.11. The minimum Gasteiger partial charge on any atom is -0.386 e. The molecule has 0 unspecified atom stereocenters. The molecule has 0 radical (unpaired) electrons. The van der Waals surface area contributed by atoms with Crippen molar-refractivity contribution in [1.29, 1.82) is 0 Å². The lowest BCUT2D eigenvalue weighted by molar-refractivity contribution is -0.153. The molecular formula is C11H17NO3. The number of hydrogen-bond acceptors (Lipinski definition) is 4. The summed E-state index contributed by atoms with van der Waals surface area (Å²) in [7, 11) is 1.83. The van der Waals surface area contributed by atoms with Gasteiger partial charge in [0.2, 0.25) is 0 Å². The van der Waals surface area contributed by atoms with Crippen LogP contribution in [0.3, 0.4) is 0 Å². The molecule has 0 bridgehead atoms. The Kier molecular flexibility index (Phi) is 6.29. The van der Waals surface area contributed by atoms with E-state index in [2.05, 4.69) is 16.6 Å². The molecule has 0 saturated heterocycles. The Morgan fingerprint density at radius 2 is 1.93 bits per heavy atom. The van der Waals surface area contributed by atoms with E-state index in [0.717, 1.165) is 13.0 Å². The van der Waals surface area contributed by atoms with Gasteiger partial charge in [-0.2, -0.15) is 0 Å². The van der Waals surface area contributed by atoms with Gasteiger partial charge in [-0.15, -0.1) is 0 Å². The first-order valence-electron chi connectivity index (χ1n) is 4.72. The molecule has 0 aliphatic carbocycles. The number of carbonyl (C=O) groups is 2. The van der Waals surface area contributed by atoms with Crippen LogP contribution < -0.4 is 5.32 Å². The quantitative estimate of drug-likeness (QED) is 0.321. The van der Waals surface area contributed by atoms with E-state index in [-0.39, 0.29) is 5.57 Å². The number of hydrogen-bond donors (Lipinski definition) is 1. The van der Waals surface area contributed by atoms with Gasteiger partial charge in [-0.3, -0.25) is 0 Å². The molecule has 0 aliphatic rings. The average molecular weight is 211 g/mol. The van der Waals surface area contributed by atoms with Gasteiger partial charge in [-0.05, 0) is 33.9 Å². The van der Waals surface area contributed by atoms with Gasteiger partial charge in [0.25, 0.3) is 0 Å². The summed E-state index contributed by atoms with van der Waals surface area (Å²) in [6.45, 7) is 7.27. The van der Waals surface area contributed by atoms with Crippen molar-refractivity contribution < 1.29 is 14.3 Å². The van der Waals surface area contributed by atoms with E-state index in [9.17, 15) is 9.59 Å². The zero-order valence-corrected chi connectivity index (χ0v) is 9.42. The Balaban J connectivity index is 4.15. The summed E-state index contributed by atoms with van der Waals surface area (Å²) in [4.78, 5) is 22.3. The van der Waals surface area contributed by atoms with E-state index in [4.69, 9.17) is 0 Å². The zero-order valence-electron chi connectivity index (χ0n) is 9.42. The smallest absolute Gasteiger partial charge is 0.341 e. The Bertz CT molecular complexity index is 292. The summed E-state index contributed by atoms with van der Waals surface area (Å²) >= 11 is 0. The number of nitrogens with one attached hydrogen (secondary N) is 1. The number of ether oxygens (including phenoxy) is 1. The van der Waals surface area contributed by atoms with Crippen LogP contribution in [-0.4, -0.2) is 25.5 Å². The molecular weight excluding hydrogens is 194 g/mol. The maximum atomic E-state index is 11.3. The topological polar surface area (TPSA) is 55.4 Å². The summed E-state index contributed by atoms with van der Waals surface area (Å²) < 4.78 is 4.54. The highest BCUT2D eigenvalue weighted by molar-refractivity contribution is 6.00.